The highest BCUT2D eigenvalue weighted by Crippen LogP contribution is 2.40. The maximum Gasteiger partial charge on any atom is 0.290 e. The molecule has 1 aromatic carbocycles. The molecule has 124 valence electrons. The monoisotopic (exact) mass is 321 g/mol. The van der Waals surface area contributed by atoms with Crippen LogP contribution in [0.15, 0.2) is 29.5 Å². The first-order valence-corrected chi connectivity index (χ1v) is 7.08. The van der Waals surface area contributed by atoms with Crippen molar-refractivity contribution in [3.05, 3.63) is 35.1 Å². The number of carbonyl (C=O) groups excluding carboxylic acids is 2. The van der Waals surface area contributed by atoms with Crippen LogP contribution in [0, 0.1) is 0 Å². The molecule has 1 amide bonds. The molecule has 0 saturated heterocycles. The van der Waals surface area contributed by atoms with Gasteiger partial charge in [-0.15, -0.1) is 0 Å². The fraction of sp³-hybridized carbons (Fsp3) is 0.375. The number of aliphatic hydroxyl groups is 2. The van der Waals surface area contributed by atoms with Gasteiger partial charge in [0.2, 0.25) is 0 Å². The lowest BCUT2D eigenvalue weighted by Crippen LogP contribution is -2.36. The van der Waals surface area contributed by atoms with Gasteiger partial charge in [-0.1, -0.05) is 6.07 Å². The number of ether oxygens (including phenoxy) is 1. The zero-order valence-corrected chi connectivity index (χ0v) is 13.1. The molecule has 0 spiro atoms. The lowest BCUT2D eigenvalue weighted by Gasteiger charge is -2.27. The maximum atomic E-state index is 12.2. The highest BCUT2D eigenvalue weighted by Gasteiger charge is 2.42. The molecule has 0 unspecified atom stereocenters. The average molecular weight is 321 g/mol. The lowest BCUT2D eigenvalue weighted by molar-refractivity contribution is -0.130. The Labute approximate surface area is 133 Å². The molecular formula is C16H19NO6. The molecule has 0 aliphatic carbocycles. The summed E-state index contributed by atoms with van der Waals surface area (Å²) in [5.74, 6) is -1.68. The maximum absolute atomic E-state index is 12.2. The number of aliphatic hydroxyl groups excluding tert-OH is 2. The third-order valence-corrected chi connectivity index (χ3v) is 3.66. The fourth-order valence-corrected chi connectivity index (χ4v) is 2.70. The quantitative estimate of drug-likeness (QED) is 0.749. The van der Waals surface area contributed by atoms with Crippen molar-refractivity contribution >= 4 is 11.7 Å². The van der Waals surface area contributed by atoms with Crippen LogP contribution < -0.4 is 4.74 Å². The van der Waals surface area contributed by atoms with Gasteiger partial charge in [0.05, 0.1) is 24.8 Å². The zero-order chi connectivity index (χ0) is 17.3. The first-order chi connectivity index (χ1) is 10.8. The second-order valence-electron chi connectivity index (χ2n) is 5.46. The molecule has 0 radical (unpaired) electrons. The SMILES string of the molecule is COc1cc([C@@H]2C(C(C)=O)=C(O)C(=O)N2C[C@@H](C)O)ccc1O. The minimum absolute atomic E-state index is 0.0385. The summed E-state index contributed by atoms with van der Waals surface area (Å²) in [4.78, 5) is 25.4. The summed E-state index contributed by atoms with van der Waals surface area (Å²) >= 11 is 0. The van der Waals surface area contributed by atoms with Gasteiger partial charge in [0.25, 0.3) is 5.91 Å². The Morgan fingerprint density at radius 2 is 2.04 bits per heavy atom. The van der Waals surface area contributed by atoms with E-state index >= 15 is 0 Å². The predicted octanol–water partition coefficient (Wildman–Crippen LogP) is 1.07. The number of aromatic hydroxyl groups is 1. The van der Waals surface area contributed by atoms with E-state index in [1.54, 1.807) is 0 Å². The minimum Gasteiger partial charge on any atom is -0.504 e. The first kappa shape index (κ1) is 16.8. The third kappa shape index (κ3) is 3.00. The van der Waals surface area contributed by atoms with E-state index < -0.39 is 29.6 Å². The van der Waals surface area contributed by atoms with E-state index in [0.717, 1.165) is 0 Å². The van der Waals surface area contributed by atoms with Crippen molar-refractivity contribution in [2.24, 2.45) is 0 Å². The Bertz CT molecular complexity index is 679. The van der Waals surface area contributed by atoms with Gasteiger partial charge < -0.3 is 25.0 Å². The van der Waals surface area contributed by atoms with Crippen LogP contribution in [0.1, 0.15) is 25.5 Å². The van der Waals surface area contributed by atoms with Crippen LogP contribution in [0.5, 0.6) is 11.5 Å². The Morgan fingerprint density at radius 3 is 2.57 bits per heavy atom. The molecule has 1 aromatic rings. The van der Waals surface area contributed by atoms with Crippen molar-refractivity contribution in [1.82, 2.24) is 4.90 Å². The minimum atomic E-state index is -0.843. The van der Waals surface area contributed by atoms with E-state index in [0.29, 0.717) is 5.56 Å². The summed E-state index contributed by atoms with van der Waals surface area (Å²) in [6.45, 7) is 2.72. The molecule has 7 heteroatoms. The topological polar surface area (TPSA) is 107 Å². The van der Waals surface area contributed by atoms with E-state index in [-0.39, 0.29) is 23.6 Å². The van der Waals surface area contributed by atoms with Gasteiger partial charge in [-0.3, -0.25) is 9.59 Å². The van der Waals surface area contributed by atoms with Crippen LogP contribution in [0.25, 0.3) is 0 Å². The summed E-state index contributed by atoms with van der Waals surface area (Å²) in [6.07, 6.45) is -0.834. The molecule has 7 nitrogen and oxygen atoms in total. The van der Waals surface area contributed by atoms with Crippen molar-refractivity contribution in [2.45, 2.75) is 26.0 Å². The number of nitrogens with zero attached hydrogens (tertiary/aromatic N) is 1. The molecule has 1 aliphatic rings. The summed E-state index contributed by atoms with van der Waals surface area (Å²) in [5.41, 5.74) is 0.450. The average Bonchev–Trinajstić information content (AvgIpc) is 2.72. The first-order valence-electron chi connectivity index (χ1n) is 7.08. The van der Waals surface area contributed by atoms with Crippen molar-refractivity contribution in [3.63, 3.8) is 0 Å². The molecular weight excluding hydrogens is 302 g/mol. The van der Waals surface area contributed by atoms with Gasteiger partial charge >= 0.3 is 0 Å². The number of β-amino-alcohol motifs (C(OH)–C–C–N with tert-alkyl or cyclic N) is 1. The zero-order valence-electron chi connectivity index (χ0n) is 13.1. The number of carbonyl (C=O) groups is 2. The molecule has 0 aromatic heterocycles. The summed E-state index contributed by atoms with van der Waals surface area (Å²) < 4.78 is 5.04. The van der Waals surface area contributed by atoms with E-state index in [1.807, 2.05) is 0 Å². The smallest absolute Gasteiger partial charge is 0.290 e. The molecule has 1 aliphatic heterocycles. The number of hydrogen-bond acceptors (Lipinski definition) is 6. The van der Waals surface area contributed by atoms with Crippen LogP contribution in [0.4, 0.5) is 0 Å². The molecule has 2 atom stereocenters. The third-order valence-electron chi connectivity index (χ3n) is 3.66. The van der Waals surface area contributed by atoms with Crippen LogP contribution in [0.3, 0.4) is 0 Å². The van der Waals surface area contributed by atoms with Crippen LogP contribution >= 0.6 is 0 Å². The molecule has 0 saturated carbocycles. The Balaban J connectivity index is 2.57. The van der Waals surface area contributed by atoms with Gasteiger partial charge in [0.1, 0.15) is 0 Å². The summed E-state index contributed by atoms with van der Waals surface area (Å²) in [5, 5.41) is 29.3. The fourth-order valence-electron chi connectivity index (χ4n) is 2.70. The van der Waals surface area contributed by atoms with Gasteiger partial charge in [-0.25, -0.2) is 0 Å². The molecule has 23 heavy (non-hydrogen) atoms. The van der Waals surface area contributed by atoms with Crippen molar-refractivity contribution in [3.8, 4) is 11.5 Å². The number of methoxy groups -OCH3 is 1. The normalized spacial score (nSPS) is 19.2. The molecule has 1 heterocycles. The summed E-state index contributed by atoms with van der Waals surface area (Å²) in [6, 6.07) is 3.56. The molecule has 2 rings (SSSR count). The second kappa shape index (κ2) is 6.29. The number of hydrogen-bond donors (Lipinski definition) is 3. The largest absolute Gasteiger partial charge is 0.504 e. The second-order valence-corrected chi connectivity index (χ2v) is 5.46. The highest BCUT2D eigenvalue weighted by molar-refractivity contribution is 6.08. The molecule has 3 N–H and O–H groups in total. The Kier molecular flexibility index (Phi) is 4.60. The number of ketones is 1. The van der Waals surface area contributed by atoms with Crippen molar-refractivity contribution in [2.75, 3.05) is 13.7 Å². The molecule has 0 bridgehead atoms. The number of amides is 1. The number of rotatable bonds is 5. The highest BCUT2D eigenvalue weighted by atomic mass is 16.5. The number of Topliss-reactive ketones (excluding diaryl/α,β-unsaturated/α-hetero) is 1. The number of benzene rings is 1. The summed E-state index contributed by atoms with van der Waals surface area (Å²) in [7, 11) is 1.38. The number of phenolic OH excluding ortho intramolecular Hbond substituents is 1. The number of phenols is 1. The van der Waals surface area contributed by atoms with E-state index in [4.69, 9.17) is 4.74 Å². The van der Waals surface area contributed by atoms with Gasteiger partial charge in [-0.2, -0.15) is 0 Å². The van der Waals surface area contributed by atoms with E-state index in [2.05, 4.69) is 0 Å². The van der Waals surface area contributed by atoms with Gasteiger partial charge in [0, 0.05) is 6.54 Å². The van der Waals surface area contributed by atoms with E-state index in [9.17, 15) is 24.9 Å². The van der Waals surface area contributed by atoms with Crippen LogP contribution in [-0.4, -0.2) is 51.7 Å². The predicted molar refractivity (Wildman–Crippen MR) is 81.1 cm³/mol. The van der Waals surface area contributed by atoms with Gasteiger partial charge in [-0.05, 0) is 31.5 Å². The van der Waals surface area contributed by atoms with Gasteiger partial charge in [0.15, 0.2) is 23.0 Å². The van der Waals surface area contributed by atoms with Crippen molar-refractivity contribution < 1.29 is 29.6 Å². The lowest BCUT2D eigenvalue weighted by atomic mass is 9.96. The Hall–Kier alpha value is -2.54. The molecule has 0 fully saturated rings. The van der Waals surface area contributed by atoms with Crippen molar-refractivity contribution in [1.29, 1.82) is 0 Å². The van der Waals surface area contributed by atoms with Crippen LogP contribution in [0.2, 0.25) is 0 Å². The standard InChI is InChI=1S/C16H19NO6/c1-8(18)7-17-14(13(9(2)19)15(21)16(17)22)10-4-5-11(20)12(6-10)23-3/h4-6,8,14,18,20-21H,7H2,1-3H3/t8-,14-/m1/s1. The Morgan fingerprint density at radius 1 is 1.39 bits per heavy atom. The van der Waals surface area contributed by atoms with E-state index in [1.165, 1.54) is 44.1 Å². The van der Waals surface area contributed by atoms with Crippen LogP contribution in [-0.2, 0) is 9.59 Å².